The summed E-state index contributed by atoms with van der Waals surface area (Å²) in [6, 6.07) is 0. The van der Waals surface area contributed by atoms with Crippen molar-refractivity contribution in [2.75, 3.05) is 0 Å². The summed E-state index contributed by atoms with van der Waals surface area (Å²) in [4.78, 5) is 0. The van der Waals surface area contributed by atoms with Crippen molar-refractivity contribution in [3.05, 3.63) is 72.5 Å². The fourth-order valence-electron chi connectivity index (χ4n) is 1.24. The minimum Gasteiger partial charge on any atom is -0.398 e. The van der Waals surface area contributed by atoms with Crippen LogP contribution in [0.1, 0.15) is 20.3 Å². The average molecular weight is 215 g/mol. The summed E-state index contributed by atoms with van der Waals surface area (Å²) in [5.74, 6) is 0. The predicted molar refractivity (Wildman–Crippen MR) is 73.9 cm³/mol. The zero-order chi connectivity index (χ0) is 12.7. The maximum Gasteiger partial charge on any atom is 0.0370 e. The molecule has 0 heterocycles. The highest BCUT2D eigenvalue weighted by atomic mass is 14.6. The quantitative estimate of drug-likeness (QED) is 0.665. The SMILES string of the molecule is C=C/C=C(\C=C)CC(=C)/C(C)=C(/N)C(=C)C. The van der Waals surface area contributed by atoms with Gasteiger partial charge in [0.2, 0.25) is 0 Å². The lowest BCUT2D eigenvalue weighted by molar-refractivity contribution is 1.12. The lowest BCUT2D eigenvalue weighted by Gasteiger charge is -2.11. The first-order valence-corrected chi connectivity index (χ1v) is 5.18. The Morgan fingerprint density at radius 3 is 2.12 bits per heavy atom. The van der Waals surface area contributed by atoms with E-state index in [0.717, 1.165) is 28.7 Å². The van der Waals surface area contributed by atoms with Gasteiger partial charge in [0.1, 0.15) is 0 Å². The van der Waals surface area contributed by atoms with Gasteiger partial charge in [0.15, 0.2) is 0 Å². The summed E-state index contributed by atoms with van der Waals surface area (Å²) in [5, 5.41) is 0. The predicted octanol–water partition coefficient (Wildman–Crippen LogP) is 4.04. The fourth-order valence-corrected chi connectivity index (χ4v) is 1.24. The molecule has 0 rings (SSSR count). The first-order chi connectivity index (χ1) is 7.43. The molecule has 1 heteroatoms. The van der Waals surface area contributed by atoms with Crippen LogP contribution in [-0.2, 0) is 0 Å². The molecule has 0 bridgehead atoms. The van der Waals surface area contributed by atoms with Crippen molar-refractivity contribution < 1.29 is 0 Å². The molecule has 1 nitrogen and oxygen atoms in total. The minimum absolute atomic E-state index is 0.715. The molecule has 0 fully saturated rings. The van der Waals surface area contributed by atoms with Crippen molar-refractivity contribution in [3.8, 4) is 0 Å². The smallest absolute Gasteiger partial charge is 0.0370 e. The molecule has 0 saturated carbocycles. The molecule has 16 heavy (non-hydrogen) atoms. The van der Waals surface area contributed by atoms with Gasteiger partial charge in [-0.05, 0) is 42.6 Å². The van der Waals surface area contributed by atoms with Crippen molar-refractivity contribution in [2.24, 2.45) is 5.73 Å². The number of hydrogen-bond donors (Lipinski definition) is 1. The summed E-state index contributed by atoms with van der Waals surface area (Å²) in [6.07, 6.45) is 6.19. The Morgan fingerprint density at radius 1 is 1.19 bits per heavy atom. The Labute approximate surface area is 99.1 Å². The van der Waals surface area contributed by atoms with Gasteiger partial charge in [-0.1, -0.05) is 44.5 Å². The minimum atomic E-state index is 0.715. The van der Waals surface area contributed by atoms with E-state index in [1.165, 1.54) is 0 Å². The summed E-state index contributed by atoms with van der Waals surface area (Å²) in [6.45, 7) is 19.1. The Hall–Kier alpha value is -1.76. The maximum atomic E-state index is 5.91. The molecule has 0 unspecified atom stereocenters. The molecule has 0 radical (unpaired) electrons. The van der Waals surface area contributed by atoms with Crippen molar-refractivity contribution in [1.82, 2.24) is 0 Å². The number of rotatable bonds is 6. The van der Waals surface area contributed by atoms with E-state index in [1.807, 2.05) is 19.9 Å². The Bertz CT molecular complexity index is 378. The van der Waals surface area contributed by atoms with Crippen LogP contribution >= 0.6 is 0 Å². The number of nitrogens with two attached hydrogens (primary N) is 1. The largest absolute Gasteiger partial charge is 0.398 e. The van der Waals surface area contributed by atoms with Crippen molar-refractivity contribution in [1.29, 1.82) is 0 Å². The third kappa shape index (κ3) is 4.18. The highest BCUT2D eigenvalue weighted by molar-refractivity contribution is 5.42. The third-order valence-corrected chi connectivity index (χ3v) is 2.41. The van der Waals surface area contributed by atoms with Crippen LogP contribution in [0.25, 0.3) is 0 Å². The van der Waals surface area contributed by atoms with E-state index in [4.69, 9.17) is 5.73 Å². The average Bonchev–Trinajstić information content (AvgIpc) is 2.25. The molecule has 0 aliphatic rings. The van der Waals surface area contributed by atoms with Gasteiger partial charge in [-0.25, -0.2) is 0 Å². The molecule has 0 spiro atoms. The van der Waals surface area contributed by atoms with Crippen LogP contribution in [0.5, 0.6) is 0 Å². The van der Waals surface area contributed by atoms with Crippen LogP contribution < -0.4 is 5.73 Å². The first kappa shape index (κ1) is 14.2. The molecule has 0 aliphatic heterocycles. The summed E-state index contributed by atoms with van der Waals surface area (Å²) in [5.41, 5.74) is 10.5. The number of allylic oxidation sites excluding steroid dienone is 7. The lowest BCUT2D eigenvalue weighted by Crippen LogP contribution is -2.03. The van der Waals surface area contributed by atoms with E-state index in [2.05, 4.69) is 26.3 Å². The van der Waals surface area contributed by atoms with Gasteiger partial charge >= 0.3 is 0 Å². The van der Waals surface area contributed by atoms with Crippen LogP contribution in [-0.4, -0.2) is 0 Å². The second-order valence-corrected chi connectivity index (χ2v) is 3.78. The lowest BCUT2D eigenvalue weighted by atomic mass is 9.97. The van der Waals surface area contributed by atoms with Crippen molar-refractivity contribution in [3.63, 3.8) is 0 Å². The van der Waals surface area contributed by atoms with E-state index >= 15 is 0 Å². The van der Waals surface area contributed by atoms with Gasteiger partial charge in [-0.2, -0.15) is 0 Å². The highest BCUT2D eigenvalue weighted by Crippen LogP contribution is 2.21. The number of hydrogen-bond acceptors (Lipinski definition) is 1. The van der Waals surface area contributed by atoms with Gasteiger partial charge in [0, 0.05) is 5.70 Å². The van der Waals surface area contributed by atoms with E-state index in [9.17, 15) is 0 Å². The third-order valence-electron chi connectivity index (χ3n) is 2.41. The Morgan fingerprint density at radius 2 is 1.75 bits per heavy atom. The molecule has 0 saturated heterocycles. The van der Waals surface area contributed by atoms with E-state index in [-0.39, 0.29) is 0 Å². The van der Waals surface area contributed by atoms with Crippen LogP contribution in [0, 0.1) is 0 Å². The highest BCUT2D eigenvalue weighted by Gasteiger charge is 2.04. The zero-order valence-corrected chi connectivity index (χ0v) is 10.3. The molecule has 2 N–H and O–H groups in total. The van der Waals surface area contributed by atoms with Crippen LogP contribution in [0.15, 0.2) is 72.5 Å². The van der Waals surface area contributed by atoms with Gasteiger partial charge in [0.25, 0.3) is 0 Å². The van der Waals surface area contributed by atoms with Crippen LogP contribution in [0.4, 0.5) is 0 Å². The molecule has 86 valence electrons. The normalized spacial score (nSPS) is 12.8. The van der Waals surface area contributed by atoms with Gasteiger partial charge < -0.3 is 5.73 Å². The Balaban J connectivity index is 4.90. The molecule has 0 atom stereocenters. The molecule has 0 aromatic heterocycles. The summed E-state index contributed by atoms with van der Waals surface area (Å²) in [7, 11) is 0. The second kappa shape index (κ2) is 6.67. The first-order valence-electron chi connectivity index (χ1n) is 5.18. The summed E-state index contributed by atoms with van der Waals surface area (Å²) >= 11 is 0. The summed E-state index contributed by atoms with van der Waals surface area (Å²) < 4.78 is 0. The van der Waals surface area contributed by atoms with E-state index < -0.39 is 0 Å². The molecule has 0 aliphatic carbocycles. The zero-order valence-electron chi connectivity index (χ0n) is 10.3. The topological polar surface area (TPSA) is 26.0 Å². The van der Waals surface area contributed by atoms with Gasteiger partial charge in [-0.15, -0.1) is 0 Å². The van der Waals surface area contributed by atoms with Crippen molar-refractivity contribution >= 4 is 0 Å². The second-order valence-electron chi connectivity index (χ2n) is 3.78. The van der Waals surface area contributed by atoms with E-state index in [0.29, 0.717) is 5.70 Å². The molecule has 0 amide bonds. The standard InChI is InChI=1S/C15H21N/c1-7-9-14(8-2)10-12(5)13(6)15(16)11(3)4/h7-9H,1-3,5,10,16H2,4,6H3/b14-9+,15-13+. The maximum absolute atomic E-state index is 5.91. The molecular weight excluding hydrogens is 194 g/mol. The van der Waals surface area contributed by atoms with Gasteiger partial charge in [-0.3, -0.25) is 0 Å². The monoisotopic (exact) mass is 215 g/mol. The van der Waals surface area contributed by atoms with Crippen LogP contribution in [0.3, 0.4) is 0 Å². The fraction of sp³-hybridized carbons (Fsp3) is 0.200. The van der Waals surface area contributed by atoms with Crippen LogP contribution in [0.2, 0.25) is 0 Å². The van der Waals surface area contributed by atoms with E-state index in [1.54, 1.807) is 12.2 Å². The molecular formula is C15H21N. The van der Waals surface area contributed by atoms with Gasteiger partial charge in [0.05, 0.1) is 0 Å². The molecule has 0 aromatic carbocycles. The van der Waals surface area contributed by atoms with Crippen molar-refractivity contribution in [2.45, 2.75) is 20.3 Å². The Kier molecular flexibility index (Phi) is 5.94. The molecule has 0 aromatic rings.